The van der Waals surface area contributed by atoms with Crippen LogP contribution in [-0.4, -0.2) is 19.6 Å². The van der Waals surface area contributed by atoms with Crippen molar-refractivity contribution in [2.75, 3.05) is 0 Å². The number of pyridine rings is 1. The number of aryl methyl sites for hydroxylation is 1. The van der Waals surface area contributed by atoms with Crippen molar-refractivity contribution in [2.24, 2.45) is 0 Å². The van der Waals surface area contributed by atoms with Crippen LogP contribution in [0.3, 0.4) is 0 Å². The third-order valence-electron chi connectivity index (χ3n) is 2.71. The van der Waals surface area contributed by atoms with Crippen molar-refractivity contribution in [2.45, 2.75) is 6.92 Å². The quantitative estimate of drug-likeness (QED) is 0.656. The lowest BCUT2D eigenvalue weighted by molar-refractivity contribution is 0.915. The molecule has 0 aliphatic rings. The number of nitrogens with one attached hydrogen (secondary N) is 2. The zero-order valence-corrected chi connectivity index (χ0v) is 10.4. The number of hydrogen-bond acceptors (Lipinski definition) is 3. The molecule has 2 N–H and O–H groups in total. The standard InChI is InChI=1S/C12H10N4OS/c1-7-4-11(18)16-12(15-7)9(6-14-16)8-2-3-13-10(17)5-8/h2-6,14H,1H3,(H,13,17). The van der Waals surface area contributed by atoms with Crippen LogP contribution >= 0.6 is 12.2 Å². The molecule has 0 fully saturated rings. The minimum absolute atomic E-state index is 0.141. The second-order valence-corrected chi connectivity index (χ2v) is 4.44. The highest BCUT2D eigenvalue weighted by Crippen LogP contribution is 2.21. The molecule has 0 amide bonds. The van der Waals surface area contributed by atoms with Gasteiger partial charge in [0.05, 0.1) is 0 Å². The topological polar surface area (TPSA) is 65.9 Å². The van der Waals surface area contributed by atoms with Gasteiger partial charge in [0.2, 0.25) is 5.56 Å². The highest BCUT2D eigenvalue weighted by molar-refractivity contribution is 7.71. The normalized spacial score (nSPS) is 10.9. The third-order valence-corrected chi connectivity index (χ3v) is 3.01. The van der Waals surface area contributed by atoms with E-state index in [2.05, 4.69) is 15.1 Å². The van der Waals surface area contributed by atoms with Gasteiger partial charge in [-0.1, -0.05) is 12.2 Å². The average molecular weight is 258 g/mol. The smallest absolute Gasteiger partial charge is 0.248 e. The van der Waals surface area contributed by atoms with Crippen LogP contribution in [0.15, 0.2) is 35.4 Å². The first-order valence-corrected chi connectivity index (χ1v) is 5.83. The van der Waals surface area contributed by atoms with E-state index in [4.69, 9.17) is 12.2 Å². The summed E-state index contributed by atoms with van der Waals surface area (Å²) >= 11 is 5.25. The first-order valence-electron chi connectivity index (χ1n) is 5.42. The molecule has 0 aliphatic carbocycles. The van der Waals surface area contributed by atoms with Crippen LogP contribution in [-0.2, 0) is 0 Å². The van der Waals surface area contributed by atoms with Crippen LogP contribution < -0.4 is 5.56 Å². The predicted molar refractivity (Wildman–Crippen MR) is 71.2 cm³/mol. The van der Waals surface area contributed by atoms with E-state index in [0.717, 1.165) is 22.5 Å². The summed E-state index contributed by atoms with van der Waals surface area (Å²) < 4.78 is 2.38. The molecule has 0 spiro atoms. The van der Waals surface area contributed by atoms with Gasteiger partial charge in [-0.15, -0.1) is 0 Å². The first kappa shape index (κ1) is 10.9. The molecule has 0 aromatic carbocycles. The Kier molecular flexibility index (Phi) is 2.38. The van der Waals surface area contributed by atoms with Gasteiger partial charge in [-0.2, -0.15) is 0 Å². The average Bonchev–Trinajstić information content (AvgIpc) is 2.72. The largest absolute Gasteiger partial charge is 0.329 e. The molecule has 18 heavy (non-hydrogen) atoms. The highest BCUT2D eigenvalue weighted by atomic mass is 32.1. The first-order chi connectivity index (χ1) is 8.65. The molecule has 0 saturated heterocycles. The van der Waals surface area contributed by atoms with Gasteiger partial charge >= 0.3 is 0 Å². The molecule has 3 rings (SSSR count). The molecule has 5 nitrogen and oxygen atoms in total. The van der Waals surface area contributed by atoms with Crippen LogP contribution in [0.4, 0.5) is 0 Å². The van der Waals surface area contributed by atoms with Crippen molar-refractivity contribution in [1.82, 2.24) is 19.6 Å². The van der Waals surface area contributed by atoms with Gasteiger partial charge in [0.15, 0.2) is 5.65 Å². The molecule has 6 heteroatoms. The number of rotatable bonds is 1. The molecule has 0 radical (unpaired) electrons. The van der Waals surface area contributed by atoms with Crippen molar-refractivity contribution in [1.29, 1.82) is 0 Å². The minimum Gasteiger partial charge on any atom is -0.329 e. The fourth-order valence-electron chi connectivity index (χ4n) is 1.92. The Bertz CT molecular complexity index is 843. The van der Waals surface area contributed by atoms with E-state index in [0.29, 0.717) is 4.64 Å². The van der Waals surface area contributed by atoms with Crippen LogP contribution in [0, 0.1) is 11.6 Å². The van der Waals surface area contributed by atoms with E-state index in [1.165, 1.54) is 6.07 Å². The van der Waals surface area contributed by atoms with Crippen molar-refractivity contribution >= 4 is 17.9 Å². The van der Waals surface area contributed by atoms with E-state index in [9.17, 15) is 4.79 Å². The molecule has 0 bridgehead atoms. The van der Waals surface area contributed by atoms with Crippen LogP contribution in [0.2, 0.25) is 0 Å². The van der Waals surface area contributed by atoms with Gasteiger partial charge in [-0.25, -0.2) is 9.50 Å². The van der Waals surface area contributed by atoms with E-state index < -0.39 is 0 Å². The molecule has 0 atom stereocenters. The van der Waals surface area contributed by atoms with Gasteiger partial charge in [-0.05, 0) is 24.6 Å². The van der Waals surface area contributed by atoms with Crippen LogP contribution in [0.25, 0.3) is 16.8 Å². The molecular weight excluding hydrogens is 248 g/mol. The second kappa shape index (κ2) is 3.92. The van der Waals surface area contributed by atoms with Gasteiger partial charge < -0.3 is 4.98 Å². The van der Waals surface area contributed by atoms with Crippen molar-refractivity contribution in [3.63, 3.8) is 0 Å². The minimum atomic E-state index is -0.141. The van der Waals surface area contributed by atoms with E-state index in [1.807, 2.05) is 19.1 Å². The van der Waals surface area contributed by atoms with Crippen LogP contribution in [0.1, 0.15) is 5.69 Å². The number of H-pyrrole nitrogens is 2. The SMILES string of the molecule is Cc1cc(=S)n2[nH]cc(-c3cc[nH]c(=O)c3)c2n1. The number of fused-ring (bicyclic) bond motifs is 1. The highest BCUT2D eigenvalue weighted by Gasteiger charge is 2.08. The summed E-state index contributed by atoms with van der Waals surface area (Å²) in [4.78, 5) is 18.4. The summed E-state index contributed by atoms with van der Waals surface area (Å²) in [6, 6.07) is 5.19. The van der Waals surface area contributed by atoms with Gasteiger partial charge in [0.25, 0.3) is 0 Å². The zero-order chi connectivity index (χ0) is 12.7. The van der Waals surface area contributed by atoms with Crippen molar-refractivity contribution in [3.8, 4) is 11.1 Å². The maximum absolute atomic E-state index is 11.3. The lowest BCUT2D eigenvalue weighted by Gasteiger charge is -1.99. The molecule has 0 unspecified atom stereocenters. The molecule has 0 saturated carbocycles. The Labute approximate surface area is 107 Å². The molecule has 90 valence electrons. The Hall–Kier alpha value is -2.21. The summed E-state index contributed by atoms with van der Waals surface area (Å²) in [7, 11) is 0. The van der Waals surface area contributed by atoms with Crippen molar-refractivity contribution < 1.29 is 0 Å². The summed E-state index contributed by atoms with van der Waals surface area (Å²) in [5.74, 6) is 0. The number of hydrogen-bond donors (Lipinski definition) is 2. The van der Waals surface area contributed by atoms with Crippen LogP contribution in [0.5, 0.6) is 0 Å². The zero-order valence-electron chi connectivity index (χ0n) is 9.60. The van der Waals surface area contributed by atoms with Gasteiger partial charge in [0, 0.05) is 29.7 Å². The molecule has 3 aromatic heterocycles. The Balaban J connectivity index is 2.37. The predicted octanol–water partition coefficient (Wildman–Crippen LogP) is 2.06. The summed E-state index contributed by atoms with van der Waals surface area (Å²) in [6.45, 7) is 1.89. The van der Waals surface area contributed by atoms with E-state index in [-0.39, 0.29) is 5.56 Å². The lowest BCUT2D eigenvalue weighted by atomic mass is 10.1. The number of nitrogens with zero attached hydrogens (tertiary/aromatic N) is 2. The fraction of sp³-hybridized carbons (Fsp3) is 0.0833. The van der Waals surface area contributed by atoms with Crippen molar-refractivity contribution in [3.05, 3.63) is 51.3 Å². The molecule has 0 aliphatic heterocycles. The maximum atomic E-state index is 11.3. The lowest BCUT2D eigenvalue weighted by Crippen LogP contribution is -2.02. The molecule has 3 aromatic rings. The molecule has 3 heterocycles. The Morgan fingerprint density at radius 3 is 3.00 bits per heavy atom. The Morgan fingerprint density at radius 1 is 1.39 bits per heavy atom. The summed E-state index contributed by atoms with van der Waals surface area (Å²) in [6.07, 6.45) is 3.41. The Morgan fingerprint density at radius 2 is 2.22 bits per heavy atom. The summed E-state index contributed by atoms with van der Waals surface area (Å²) in [5.41, 5.74) is 3.11. The van der Waals surface area contributed by atoms with Gasteiger partial charge in [0.1, 0.15) is 4.64 Å². The fourth-order valence-corrected chi connectivity index (χ4v) is 2.23. The van der Waals surface area contributed by atoms with E-state index >= 15 is 0 Å². The monoisotopic (exact) mass is 258 g/mol. The second-order valence-electron chi connectivity index (χ2n) is 4.02. The number of aromatic amines is 2. The summed E-state index contributed by atoms with van der Waals surface area (Å²) in [5, 5.41) is 3.04. The maximum Gasteiger partial charge on any atom is 0.248 e. The third kappa shape index (κ3) is 1.67. The number of aromatic nitrogens is 4. The molecular formula is C12H10N4OS. The van der Waals surface area contributed by atoms with E-state index in [1.54, 1.807) is 16.9 Å². The van der Waals surface area contributed by atoms with Gasteiger partial charge in [-0.3, -0.25) is 9.89 Å².